The minimum absolute atomic E-state index is 0.220. The number of carbonyl (C=O) groups is 1. The summed E-state index contributed by atoms with van der Waals surface area (Å²) in [5.74, 6) is -0.899. The van der Waals surface area contributed by atoms with Crippen LogP contribution >= 0.6 is 0 Å². The molecule has 0 aliphatic heterocycles. The van der Waals surface area contributed by atoms with Crippen molar-refractivity contribution in [2.24, 2.45) is 0 Å². The maximum atomic E-state index is 13.3. The van der Waals surface area contributed by atoms with Gasteiger partial charge >= 0.3 is 12.1 Å². The average molecular weight is 580 g/mol. The Labute approximate surface area is 242 Å². The highest BCUT2D eigenvalue weighted by atomic mass is 19.4. The van der Waals surface area contributed by atoms with E-state index in [0.717, 1.165) is 0 Å². The molecule has 2 atom stereocenters. The molecule has 6 nitrogen and oxygen atoms in total. The molecule has 0 saturated heterocycles. The van der Waals surface area contributed by atoms with Gasteiger partial charge in [-0.25, -0.2) is 0 Å². The highest BCUT2D eigenvalue weighted by Gasteiger charge is 2.42. The van der Waals surface area contributed by atoms with Gasteiger partial charge in [-0.3, -0.25) is 4.79 Å². The maximum absolute atomic E-state index is 13.3. The van der Waals surface area contributed by atoms with Crippen LogP contribution in [0.5, 0.6) is 11.5 Å². The fourth-order valence-electron chi connectivity index (χ4n) is 4.82. The predicted octanol–water partition coefficient (Wildman–Crippen LogP) is 6.18. The molecule has 42 heavy (non-hydrogen) atoms. The smallest absolute Gasteiger partial charge is 0.471 e. The van der Waals surface area contributed by atoms with Gasteiger partial charge in [-0.05, 0) is 52.9 Å². The molecule has 4 rings (SSSR count). The molecule has 9 heteroatoms. The molecule has 220 valence electrons. The number of nitrogens with one attached hydrogen (secondary N) is 1. The largest absolute Gasteiger partial charge is 0.497 e. The van der Waals surface area contributed by atoms with Gasteiger partial charge < -0.3 is 24.6 Å². The first-order valence-electron chi connectivity index (χ1n) is 13.3. The molecule has 2 N–H and O–H groups in total. The summed E-state index contributed by atoms with van der Waals surface area (Å²) in [5, 5.41) is 12.9. The van der Waals surface area contributed by atoms with E-state index in [9.17, 15) is 23.1 Å². The lowest BCUT2D eigenvalue weighted by Crippen LogP contribution is -2.47. The molecular formula is C33H32F3NO5. The number of carbonyl (C=O) groups excluding carboxylic acids is 1. The molecule has 0 heterocycles. The van der Waals surface area contributed by atoms with E-state index in [0.29, 0.717) is 33.8 Å². The Bertz CT molecular complexity index is 1370. The summed E-state index contributed by atoms with van der Waals surface area (Å²) >= 11 is 0. The summed E-state index contributed by atoms with van der Waals surface area (Å²) in [6.07, 6.45) is -6.48. The third-order valence-corrected chi connectivity index (χ3v) is 6.96. The monoisotopic (exact) mass is 579 g/mol. The first-order valence-corrected chi connectivity index (χ1v) is 13.3. The summed E-state index contributed by atoms with van der Waals surface area (Å²) in [7, 11) is 3.09. The van der Waals surface area contributed by atoms with Crippen molar-refractivity contribution in [3.63, 3.8) is 0 Å². The van der Waals surface area contributed by atoms with Crippen LogP contribution in [0.15, 0.2) is 109 Å². The Morgan fingerprint density at radius 3 is 1.64 bits per heavy atom. The molecule has 4 aromatic carbocycles. The molecule has 0 radical (unpaired) electrons. The quantitative estimate of drug-likeness (QED) is 0.196. The molecular weight excluding hydrogens is 547 g/mol. The first kappa shape index (κ1) is 30.6. The SMILES string of the molecule is COc1ccc(C(OC[C@H](CC(O)c2ccccc2)NC(=O)C(F)(F)F)(c2ccccc2)c2ccc(OC)cc2)cc1. The van der Waals surface area contributed by atoms with Crippen LogP contribution in [-0.4, -0.2) is 44.1 Å². The zero-order valence-corrected chi connectivity index (χ0v) is 23.2. The van der Waals surface area contributed by atoms with Crippen LogP contribution in [0.2, 0.25) is 0 Å². The Kier molecular flexibility index (Phi) is 9.88. The van der Waals surface area contributed by atoms with Crippen molar-refractivity contribution in [2.45, 2.75) is 30.3 Å². The number of methoxy groups -OCH3 is 2. The third-order valence-electron chi connectivity index (χ3n) is 6.96. The molecule has 0 aliphatic rings. The lowest BCUT2D eigenvalue weighted by molar-refractivity contribution is -0.175. The van der Waals surface area contributed by atoms with Crippen molar-refractivity contribution < 1.29 is 37.3 Å². The van der Waals surface area contributed by atoms with Crippen LogP contribution in [0.1, 0.15) is 34.8 Å². The maximum Gasteiger partial charge on any atom is 0.471 e. The molecule has 4 aromatic rings. The summed E-state index contributed by atoms with van der Waals surface area (Å²) < 4.78 is 57.4. The van der Waals surface area contributed by atoms with Crippen LogP contribution in [0.3, 0.4) is 0 Å². The van der Waals surface area contributed by atoms with Crippen LogP contribution in [-0.2, 0) is 15.1 Å². The number of alkyl halides is 3. The van der Waals surface area contributed by atoms with E-state index in [2.05, 4.69) is 0 Å². The van der Waals surface area contributed by atoms with Gasteiger partial charge in [-0.15, -0.1) is 0 Å². The molecule has 0 saturated carbocycles. The van der Waals surface area contributed by atoms with Gasteiger partial charge in [-0.2, -0.15) is 13.2 Å². The summed E-state index contributed by atoms with van der Waals surface area (Å²) in [5.41, 5.74) is 1.22. The molecule has 0 fully saturated rings. The van der Waals surface area contributed by atoms with Gasteiger partial charge in [0.1, 0.15) is 17.1 Å². The Morgan fingerprint density at radius 2 is 1.19 bits per heavy atom. The van der Waals surface area contributed by atoms with Crippen molar-refractivity contribution in [3.8, 4) is 11.5 Å². The second kappa shape index (κ2) is 13.5. The van der Waals surface area contributed by atoms with Crippen molar-refractivity contribution >= 4 is 5.91 Å². The first-order chi connectivity index (χ1) is 20.2. The van der Waals surface area contributed by atoms with Crippen LogP contribution in [0, 0.1) is 0 Å². The number of rotatable bonds is 12. The van der Waals surface area contributed by atoms with Gasteiger partial charge in [0.05, 0.1) is 33.0 Å². The van der Waals surface area contributed by atoms with E-state index in [1.165, 1.54) is 0 Å². The molecule has 0 aromatic heterocycles. The van der Waals surface area contributed by atoms with Gasteiger partial charge in [0, 0.05) is 0 Å². The van der Waals surface area contributed by atoms with E-state index in [1.54, 1.807) is 68.8 Å². The number of halogens is 3. The van der Waals surface area contributed by atoms with Crippen molar-refractivity contribution in [1.29, 1.82) is 0 Å². The lowest BCUT2D eigenvalue weighted by atomic mass is 9.80. The highest BCUT2D eigenvalue weighted by Crippen LogP contribution is 2.42. The third kappa shape index (κ3) is 7.10. The normalized spacial score (nSPS) is 13.2. The van der Waals surface area contributed by atoms with Crippen LogP contribution in [0.4, 0.5) is 13.2 Å². The standard InChI is InChI=1S/C33H32F3NO5/c1-40-28-17-13-25(14-18-28)32(24-11-7-4-8-12-24,26-15-19-29(41-2)20-16-26)42-22-27(37-31(39)33(34,35)36)21-30(38)23-9-5-3-6-10-23/h3-20,27,30,38H,21-22H2,1-2H3,(H,37,39)/t27-,30?/m0/s1. The van der Waals surface area contributed by atoms with E-state index in [-0.39, 0.29) is 13.0 Å². The average Bonchev–Trinajstić information content (AvgIpc) is 3.02. The van der Waals surface area contributed by atoms with Crippen molar-refractivity contribution in [3.05, 3.63) is 131 Å². The van der Waals surface area contributed by atoms with E-state index in [4.69, 9.17) is 14.2 Å². The van der Waals surface area contributed by atoms with Crippen LogP contribution in [0.25, 0.3) is 0 Å². The summed E-state index contributed by atoms with van der Waals surface area (Å²) in [4.78, 5) is 12.1. The van der Waals surface area contributed by atoms with Crippen molar-refractivity contribution in [2.75, 3.05) is 20.8 Å². The number of benzene rings is 4. The zero-order chi connectivity index (χ0) is 30.2. The Balaban J connectivity index is 1.80. The molecule has 0 bridgehead atoms. The number of aliphatic hydroxyl groups is 1. The Hall–Kier alpha value is -4.34. The van der Waals surface area contributed by atoms with E-state index in [1.807, 2.05) is 59.9 Å². The predicted molar refractivity (Wildman–Crippen MR) is 152 cm³/mol. The number of ether oxygens (including phenoxy) is 3. The van der Waals surface area contributed by atoms with E-state index >= 15 is 0 Å². The summed E-state index contributed by atoms with van der Waals surface area (Å²) in [6.45, 7) is -0.362. The second-order valence-corrected chi connectivity index (χ2v) is 9.65. The van der Waals surface area contributed by atoms with Crippen LogP contribution < -0.4 is 14.8 Å². The van der Waals surface area contributed by atoms with Gasteiger partial charge in [-0.1, -0.05) is 84.9 Å². The number of amides is 1. The fourth-order valence-corrected chi connectivity index (χ4v) is 4.82. The minimum atomic E-state index is -5.11. The summed E-state index contributed by atoms with van der Waals surface area (Å²) in [6, 6.07) is 30.9. The topological polar surface area (TPSA) is 77.0 Å². The molecule has 0 spiro atoms. The van der Waals surface area contributed by atoms with Crippen molar-refractivity contribution in [1.82, 2.24) is 5.32 Å². The van der Waals surface area contributed by atoms with Gasteiger partial charge in [0.15, 0.2) is 0 Å². The van der Waals surface area contributed by atoms with E-state index < -0.39 is 29.8 Å². The second-order valence-electron chi connectivity index (χ2n) is 9.65. The molecule has 1 amide bonds. The number of hydrogen-bond donors (Lipinski definition) is 2. The molecule has 1 unspecified atom stereocenters. The number of hydrogen-bond acceptors (Lipinski definition) is 5. The highest BCUT2D eigenvalue weighted by molar-refractivity contribution is 5.81. The molecule has 0 aliphatic carbocycles. The zero-order valence-electron chi connectivity index (χ0n) is 23.2. The Morgan fingerprint density at radius 1 is 0.738 bits per heavy atom. The number of aliphatic hydroxyl groups excluding tert-OH is 1. The lowest BCUT2D eigenvalue weighted by Gasteiger charge is -2.37. The van der Waals surface area contributed by atoms with Gasteiger partial charge in [0.2, 0.25) is 0 Å². The minimum Gasteiger partial charge on any atom is -0.497 e. The van der Waals surface area contributed by atoms with Gasteiger partial charge in [0.25, 0.3) is 0 Å². The fraction of sp³-hybridized carbons (Fsp3) is 0.242.